The summed E-state index contributed by atoms with van der Waals surface area (Å²) in [7, 11) is 0. The van der Waals surface area contributed by atoms with Crippen LogP contribution < -0.4 is 9.47 Å². The molecular weight excluding hydrogens is 409 g/mol. The first kappa shape index (κ1) is 22.7. The number of ether oxygens (including phenoxy) is 2. The molecule has 7 heteroatoms. The molecule has 0 spiro atoms. The van der Waals surface area contributed by atoms with Gasteiger partial charge in [0.15, 0.2) is 0 Å². The van der Waals surface area contributed by atoms with Crippen LogP contribution in [0.2, 0.25) is 0 Å². The number of hydrogen-bond donors (Lipinski definition) is 1. The fourth-order valence-electron chi connectivity index (χ4n) is 3.86. The number of alkyl halides is 3. The van der Waals surface area contributed by atoms with Crippen LogP contribution in [0, 0.1) is 13.8 Å². The van der Waals surface area contributed by atoms with E-state index in [9.17, 15) is 18.0 Å². The van der Waals surface area contributed by atoms with E-state index in [1.54, 1.807) is 12.1 Å². The Balaban J connectivity index is 1.71. The maximum Gasteiger partial charge on any atom is 0.573 e. The molecule has 0 aromatic heterocycles. The summed E-state index contributed by atoms with van der Waals surface area (Å²) in [6.07, 6.45) is -1.43. The van der Waals surface area contributed by atoms with Gasteiger partial charge in [0.25, 0.3) is 0 Å². The third-order valence-electron chi connectivity index (χ3n) is 5.63. The Morgan fingerprint density at radius 2 is 1.74 bits per heavy atom. The van der Waals surface area contributed by atoms with Gasteiger partial charge in [-0.2, -0.15) is 0 Å². The van der Waals surface area contributed by atoms with Gasteiger partial charge in [-0.05, 0) is 91.1 Å². The molecule has 0 radical (unpaired) electrons. The van der Waals surface area contributed by atoms with Crippen molar-refractivity contribution in [2.45, 2.75) is 52.3 Å². The number of carbonyl (C=O) groups is 1. The minimum atomic E-state index is -4.70. The topological polar surface area (TPSA) is 55.8 Å². The minimum absolute atomic E-state index is 0.0868. The second-order valence-electron chi connectivity index (χ2n) is 7.66. The van der Waals surface area contributed by atoms with Crippen molar-refractivity contribution < 1.29 is 32.5 Å². The molecule has 1 aliphatic rings. The van der Waals surface area contributed by atoms with E-state index in [4.69, 9.17) is 9.84 Å². The summed E-state index contributed by atoms with van der Waals surface area (Å²) in [5, 5.41) is 8.89. The van der Waals surface area contributed by atoms with Gasteiger partial charge in [0, 0.05) is 6.42 Å². The Morgan fingerprint density at radius 3 is 2.39 bits per heavy atom. The highest BCUT2D eigenvalue weighted by Crippen LogP contribution is 2.36. The quantitative estimate of drug-likeness (QED) is 0.535. The van der Waals surface area contributed by atoms with Crippen LogP contribution in [0.1, 0.15) is 47.9 Å². The third kappa shape index (κ3) is 6.03. The molecule has 3 rings (SSSR count). The van der Waals surface area contributed by atoms with E-state index in [0.29, 0.717) is 13.0 Å². The summed E-state index contributed by atoms with van der Waals surface area (Å²) in [4.78, 5) is 10.8. The van der Waals surface area contributed by atoms with Gasteiger partial charge < -0.3 is 14.6 Å². The zero-order chi connectivity index (χ0) is 22.6. The van der Waals surface area contributed by atoms with Gasteiger partial charge in [-0.25, -0.2) is 0 Å². The molecule has 31 heavy (non-hydrogen) atoms. The molecule has 1 N–H and O–H groups in total. The van der Waals surface area contributed by atoms with Crippen LogP contribution in [0.25, 0.3) is 5.57 Å². The number of allylic oxidation sites excluding steroid dienone is 1. The molecule has 4 nitrogen and oxygen atoms in total. The van der Waals surface area contributed by atoms with E-state index < -0.39 is 12.3 Å². The highest BCUT2D eigenvalue weighted by molar-refractivity contribution is 5.71. The molecule has 0 unspecified atom stereocenters. The predicted octanol–water partition coefficient (Wildman–Crippen LogP) is 6.24. The Hall–Kier alpha value is -2.96. The highest BCUT2D eigenvalue weighted by Gasteiger charge is 2.31. The zero-order valence-corrected chi connectivity index (χ0v) is 17.5. The number of rotatable bonds is 8. The third-order valence-corrected chi connectivity index (χ3v) is 5.63. The van der Waals surface area contributed by atoms with Gasteiger partial charge >= 0.3 is 12.3 Å². The number of carboxylic acid groups (broad SMARTS) is 1. The van der Waals surface area contributed by atoms with Crippen molar-refractivity contribution in [3.8, 4) is 11.5 Å². The SMILES string of the molecule is Cc1c(CCC(=O)O)ccc(OCC2=C(c3ccc(OC(F)(F)F)cc3)CCC2)c1C. The van der Waals surface area contributed by atoms with Crippen LogP contribution in [0.15, 0.2) is 42.0 Å². The van der Waals surface area contributed by atoms with Crippen LogP contribution in [0.3, 0.4) is 0 Å². The van der Waals surface area contributed by atoms with Crippen molar-refractivity contribution in [3.05, 3.63) is 64.2 Å². The average molecular weight is 434 g/mol. The first-order valence-corrected chi connectivity index (χ1v) is 10.1. The van der Waals surface area contributed by atoms with Crippen LogP contribution in [0.4, 0.5) is 13.2 Å². The molecule has 0 fully saturated rings. The molecule has 0 saturated heterocycles. The fraction of sp³-hybridized carbons (Fsp3) is 0.375. The lowest BCUT2D eigenvalue weighted by Gasteiger charge is -2.16. The number of carboxylic acids is 1. The Bertz CT molecular complexity index is 976. The van der Waals surface area contributed by atoms with Crippen LogP contribution in [-0.2, 0) is 11.2 Å². The number of hydrogen-bond acceptors (Lipinski definition) is 3. The highest BCUT2D eigenvalue weighted by atomic mass is 19.4. The minimum Gasteiger partial charge on any atom is -0.489 e. The second kappa shape index (κ2) is 9.45. The fourth-order valence-corrected chi connectivity index (χ4v) is 3.86. The van der Waals surface area contributed by atoms with Gasteiger partial charge in [-0.15, -0.1) is 13.2 Å². The molecular formula is C24H25F3O4. The van der Waals surface area contributed by atoms with E-state index in [0.717, 1.165) is 58.4 Å². The smallest absolute Gasteiger partial charge is 0.489 e. The first-order valence-electron chi connectivity index (χ1n) is 10.1. The van der Waals surface area contributed by atoms with Gasteiger partial charge in [0.2, 0.25) is 0 Å². The van der Waals surface area contributed by atoms with E-state index in [-0.39, 0.29) is 12.2 Å². The van der Waals surface area contributed by atoms with E-state index >= 15 is 0 Å². The van der Waals surface area contributed by atoms with Crippen molar-refractivity contribution in [1.29, 1.82) is 0 Å². The van der Waals surface area contributed by atoms with Crippen molar-refractivity contribution >= 4 is 11.5 Å². The van der Waals surface area contributed by atoms with Crippen LogP contribution in [-0.4, -0.2) is 24.0 Å². The largest absolute Gasteiger partial charge is 0.573 e. The Kier molecular flexibility index (Phi) is 6.93. The first-order chi connectivity index (χ1) is 14.6. The average Bonchev–Trinajstić information content (AvgIpc) is 3.16. The van der Waals surface area contributed by atoms with Crippen molar-refractivity contribution in [2.75, 3.05) is 6.61 Å². The lowest BCUT2D eigenvalue weighted by Crippen LogP contribution is -2.17. The molecule has 2 aromatic rings. The number of benzene rings is 2. The number of aryl methyl sites for hydroxylation is 1. The summed E-state index contributed by atoms with van der Waals surface area (Å²) in [6.45, 7) is 4.33. The summed E-state index contributed by atoms with van der Waals surface area (Å²) in [6, 6.07) is 9.73. The van der Waals surface area contributed by atoms with Crippen molar-refractivity contribution in [2.24, 2.45) is 0 Å². The lowest BCUT2D eigenvalue weighted by atomic mass is 9.99. The van der Waals surface area contributed by atoms with Gasteiger partial charge in [0.1, 0.15) is 18.1 Å². The van der Waals surface area contributed by atoms with Gasteiger partial charge in [0.05, 0.1) is 0 Å². The molecule has 2 aromatic carbocycles. The number of aliphatic carboxylic acids is 1. The number of halogens is 3. The van der Waals surface area contributed by atoms with E-state index in [1.807, 2.05) is 26.0 Å². The maximum atomic E-state index is 12.4. The molecule has 0 amide bonds. The molecule has 0 aliphatic heterocycles. The maximum absolute atomic E-state index is 12.4. The summed E-state index contributed by atoms with van der Waals surface area (Å²) in [5.74, 6) is -0.304. The molecule has 0 atom stereocenters. The van der Waals surface area contributed by atoms with Crippen LogP contribution >= 0.6 is 0 Å². The van der Waals surface area contributed by atoms with E-state index in [2.05, 4.69) is 4.74 Å². The van der Waals surface area contributed by atoms with Crippen LogP contribution in [0.5, 0.6) is 11.5 Å². The van der Waals surface area contributed by atoms with Crippen molar-refractivity contribution in [3.63, 3.8) is 0 Å². The normalized spacial score (nSPS) is 14.1. The second-order valence-corrected chi connectivity index (χ2v) is 7.66. The molecule has 0 saturated carbocycles. The zero-order valence-electron chi connectivity index (χ0n) is 17.5. The summed E-state index contributed by atoms with van der Waals surface area (Å²) in [5.41, 5.74) is 6.12. The lowest BCUT2D eigenvalue weighted by molar-refractivity contribution is -0.274. The summed E-state index contributed by atoms with van der Waals surface area (Å²) < 4.78 is 47.1. The Labute approximate surface area is 179 Å². The molecule has 1 aliphatic carbocycles. The summed E-state index contributed by atoms with van der Waals surface area (Å²) >= 11 is 0. The predicted molar refractivity (Wildman–Crippen MR) is 111 cm³/mol. The standard InChI is InChI=1S/C24H25F3O4/c1-15-16(2)22(12-8-17(15)9-13-23(28)29)30-14-19-4-3-5-21(19)18-6-10-20(11-7-18)31-24(25,26)27/h6-8,10-12H,3-5,9,13-14H2,1-2H3,(H,28,29). The molecule has 0 heterocycles. The van der Waals surface area contributed by atoms with E-state index in [1.165, 1.54) is 12.1 Å². The van der Waals surface area contributed by atoms with Crippen molar-refractivity contribution in [1.82, 2.24) is 0 Å². The molecule has 0 bridgehead atoms. The van der Waals surface area contributed by atoms with Gasteiger partial charge in [-0.3, -0.25) is 4.79 Å². The van der Waals surface area contributed by atoms with Gasteiger partial charge in [-0.1, -0.05) is 18.2 Å². The monoisotopic (exact) mass is 434 g/mol. The Morgan fingerprint density at radius 1 is 1.03 bits per heavy atom. The molecule has 166 valence electrons.